The highest BCUT2D eigenvalue weighted by atomic mass is 16.1. The molecule has 0 bridgehead atoms. The van der Waals surface area contributed by atoms with E-state index in [0.717, 1.165) is 0 Å². The van der Waals surface area contributed by atoms with Crippen LogP contribution in [-0.2, 0) is 6.54 Å². The van der Waals surface area contributed by atoms with Crippen LogP contribution >= 0.6 is 0 Å². The quantitative estimate of drug-likeness (QED) is 0.793. The van der Waals surface area contributed by atoms with E-state index in [0.29, 0.717) is 17.9 Å². The van der Waals surface area contributed by atoms with Gasteiger partial charge in [-0.25, -0.2) is 4.98 Å². The minimum absolute atomic E-state index is 0.219. The molecule has 0 saturated carbocycles. The zero-order chi connectivity index (χ0) is 12.1. The first-order valence-corrected chi connectivity index (χ1v) is 5.02. The zero-order valence-electron chi connectivity index (χ0n) is 9.00. The Morgan fingerprint density at radius 1 is 1.29 bits per heavy atom. The molecule has 86 valence electrons. The van der Waals surface area contributed by atoms with E-state index in [9.17, 15) is 4.79 Å². The normalized spacial score (nSPS) is 9.88. The maximum absolute atomic E-state index is 11.7. The first kappa shape index (κ1) is 11.0. The van der Waals surface area contributed by atoms with Crippen LogP contribution in [-0.4, -0.2) is 21.1 Å². The number of nitrogens with one attached hydrogen (secondary N) is 1. The van der Waals surface area contributed by atoms with Crippen molar-refractivity contribution >= 4 is 11.6 Å². The Morgan fingerprint density at radius 2 is 2.12 bits per heavy atom. The number of nitrogens with zero attached hydrogens (tertiary/aromatic N) is 3. The molecule has 0 atom stereocenters. The second-order valence-electron chi connectivity index (χ2n) is 3.34. The molecule has 6 nitrogen and oxygen atoms in total. The predicted molar refractivity (Wildman–Crippen MR) is 61.9 cm³/mol. The third-order valence-electron chi connectivity index (χ3n) is 2.11. The highest BCUT2D eigenvalue weighted by Gasteiger charge is 2.10. The van der Waals surface area contributed by atoms with Crippen molar-refractivity contribution in [3.63, 3.8) is 0 Å². The van der Waals surface area contributed by atoms with E-state index >= 15 is 0 Å². The number of pyridine rings is 1. The molecular formula is C11H11N5O. The molecule has 0 aliphatic heterocycles. The number of nitrogens with two attached hydrogens (primary N) is 1. The van der Waals surface area contributed by atoms with E-state index in [1.54, 1.807) is 30.5 Å². The molecular weight excluding hydrogens is 218 g/mol. The first-order valence-electron chi connectivity index (χ1n) is 5.02. The average Bonchev–Trinajstić information content (AvgIpc) is 2.38. The van der Waals surface area contributed by atoms with Gasteiger partial charge in [-0.3, -0.25) is 4.79 Å². The second-order valence-corrected chi connectivity index (χ2v) is 3.34. The highest BCUT2D eigenvalue weighted by molar-refractivity contribution is 5.96. The van der Waals surface area contributed by atoms with Crippen LogP contribution in [0.2, 0.25) is 0 Å². The van der Waals surface area contributed by atoms with Crippen LogP contribution in [0.1, 0.15) is 16.2 Å². The van der Waals surface area contributed by atoms with Crippen LogP contribution in [0.25, 0.3) is 0 Å². The summed E-state index contributed by atoms with van der Waals surface area (Å²) in [6.45, 7) is 0.294. The summed E-state index contributed by atoms with van der Waals surface area (Å²) in [6, 6.07) is 6.83. The van der Waals surface area contributed by atoms with Gasteiger partial charge in [-0.15, -0.1) is 0 Å². The molecule has 0 aliphatic rings. The highest BCUT2D eigenvalue weighted by Crippen LogP contribution is 2.06. The summed E-state index contributed by atoms with van der Waals surface area (Å²) in [7, 11) is 0. The molecule has 6 heteroatoms. The molecule has 2 heterocycles. The third kappa shape index (κ3) is 2.75. The van der Waals surface area contributed by atoms with Gasteiger partial charge in [-0.1, -0.05) is 0 Å². The second kappa shape index (κ2) is 5.02. The Kier molecular flexibility index (Phi) is 3.25. The van der Waals surface area contributed by atoms with E-state index in [-0.39, 0.29) is 11.6 Å². The van der Waals surface area contributed by atoms with Gasteiger partial charge < -0.3 is 11.1 Å². The number of carbonyl (C=O) groups excluding carboxylic acids is 1. The molecule has 2 rings (SSSR count). The minimum atomic E-state index is -0.325. The van der Waals surface area contributed by atoms with Gasteiger partial charge in [0.25, 0.3) is 5.91 Å². The average molecular weight is 229 g/mol. The molecule has 2 aromatic heterocycles. The van der Waals surface area contributed by atoms with Crippen molar-refractivity contribution < 1.29 is 4.79 Å². The summed E-state index contributed by atoms with van der Waals surface area (Å²) >= 11 is 0. The monoisotopic (exact) mass is 229 g/mol. The van der Waals surface area contributed by atoms with Crippen molar-refractivity contribution in [2.24, 2.45) is 0 Å². The molecule has 17 heavy (non-hydrogen) atoms. The van der Waals surface area contributed by atoms with Gasteiger partial charge in [-0.2, -0.15) is 10.2 Å². The maximum Gasteiger partial charge on any atom is 0.272 e. The fourth-order valence-electron chi connectivity index (χ4n) is 1.29. The van der Waals surface area contributed by atoms with Crippen molar-refractivity contribution in [2.75, 3.05) is 5.73 Å². The van der Waals surface area contributed by atoms with Crippen molar-refractivity contribution in [1.82, 2.24) is 20.5 Å². The smallest absolute Gasteiger partial charge is 0.272 e. The number of amides is 1. The van der Waals surface area contributed by atoms with Crippen molar-refractivity contribution in [1.29, 1.82) is 0 Å². The molecule has 0 aromatic carbocycles. The van der Waals surface area contributed by atoms with E-state index in [1.807, 2.05) is 0 Å². The van der Waals surface area contributed by atoms with Crippen LogP contribution in [0.15, 0.2) is 36.7 Å². The Labute approximate surface area is 97.9 Å². The molecule has 0 spiro atoms. The number of aromatic nitrogens is 3. The third-order valence-corrected chi connectivity index (χ3v) is 2.11. The van der Waals surface area contributed by atoms with Gasteiger partial charge >= 0.3 is 0 Å². The van der Waals surface area contributed by atoms with E-state index in [2.05, 4.69) is 20.5 Å². The summed E-state index contributed by atoms with van der Waals surface area (Å²) in [4.78, 5) is 15.7. The van der Waals surface area contributed by atoms with Crippen LogP contribution in [0.5, 0.6) is 0 Å². The number of hydrogen-bond donors (Lipinski definition) is 2. The number of rotatable bonds is 3. The number of hydrogen-bond acceptors (Lipinski definition) is 5. The van der Waals surface area contributed by atoms with Crippen LogP contribution < -0.4 is 11.1 Å². The van der Waals surface area contributed by atoms with Crippen LogP contribution in [0.4, 0.5) is 5.69 Å². The van der Waals surface area contributed by atoms with Gasteiger partial charge in [0.1, 0.15) is 0 Å². The zero-order valence-corrected chi connectivity index (χ0v) is 9.00. The molecule has 0 aliphatic carbocycles. The topological polar surface area (TPSA) is 93.8 Å². The van der Waals surface area contributed by atoms with Crippen molar-refractivity contribution in [3.05, 3.63) is 48.0 Å². The fourth-order valence-corrected chi connectivity index (χ4v) is 1.29. The lowest BCUT2D eigenvalue weighted by molar-refractivity contribution is 0.0946. The SMILES string of the molecule is Nc1cccnc1C(=O)NCc1cccnn1. The molecule has 0 fully saturated rings. The van der Waals surface area contributed by atoms with Crippen LogP contribution in [0, 0.1) is 0 Å². The van der Waals surface area contributed by atoms with Gasteiger partial charge in [0.15, 0.2) is 5.69 Å². The van der Waals surface area contributed by atoms with Gasteiger partial charge in [0.05, 0.1) is 17.9 Å². The molecule has 0 unspecified atom stereocenters. The lowest BCUT2D eigenvalue weighted by Crippen LogP contribution is -2.25. The molecule has 1 amide bonds. The summed E-state index contributed by atoms with van der Waals surface area (Å²) in [6.07, 6.45) is 3.09. The first-order chi connectivity index (χ1) is 8.27. The Morgan fingerprint density at radius 3 is 2.82 bits per heavy atom. The van der Waals surface area contributed by atoms with Crippen molar-refractivity contribution in [3.8, 4) is 0 Å². The predicted octanol–water partition coefficient (Wildman–Crippen LogP) is 0.384. The van der Waals surface area contributed by atoms with Gasteiger partial charge in [0, 0.05) is 12.4 Å². The van der Waals surface area contributed by atoms with E-state index < -0.39 is 0 Å². The minimum Gasteiger partial charge on any atom is -0.397 e. The number of carbonyl (C=O) groups is 1. The number of anilines is 1. The summed E-state index contributed by atoms with van der Waals surface area (Å²) in [5.74, 6) is -0.325. The molecule has 0 saturated heterocycles. The summed E-state index contributed by atoms with van der Waals surface area (Å²) < 4.78 is 0. The van der Waals surface area contributed by atoms with Crippen LogP contribution in [0.3, 0.4) is 0 Å². The number of nitrogen functional groups attached to an aromatic ring is 1. The lowest BCUT2D eigenvalue weighted by Gasteiger charge is -2.05. The Balaban J connectivity index is 2.01. The van der Waals surface area contributed by atoms with Gasteiger partial charge in [0.2, 0.25) is 0 Å². The summed E-state index contributed by atoms with van der Waals surface area (Å²) in [5, 5.41) is 10.2. The molecule has 3 N–H and O–H groups in total. The summed E-state index contributed by atoms with van der Waals surface area (Å²) in [5.41, 5.74) is 6.89. The Bertz CT molecular complexity index is 514. The largest absolute Gasteiger partial charge is 0.397 e. The van der Waals surface area contributed by atoms with E-state index in [1.165, 1.54) is 6.20 Å². The lowest BCUT2D eigenvalue weighted by atomic mass is 10.3. The Hall–Kier alpha value is -2.50. The van der Waals surface area contributed by atoms with Crippen molar-refractivity contribution in [2.45, 2.75) is 6.54 Å². The molecule has 0 radical (unpaired) electrons. The fraction of sp³-hybridized carbons (Fsp3) is 0.0909. The standard InChI is InChI=1S/C11H11N5O/c12-9-4-2-5-13-10(9)11(17)14-7-8-3-1-6-15-16-8/h1-6H,7,12H2,(H,14,17). The van der Waals surface area contributed by atoms with Gasteiger partial charge in [-0.05, 0) is 24.3 Å². The van der Waals surface area contributed by atoms with E-state index in [4.69, 9.17) is 5.73 Å². The maximum atomic E-state index is 11.7. The molecule has 2 aromatic rings.